The van der Waals surface area contributed by atoms with Crippen LogP contribution in [0.5, 0.6) is 0 Å². The molecule has 2 aromatic carbocycles. The van der Waals surface area contributed by atoms with Crippen molar-refractivity contribution in [3.8, 4) is 0 Å². The number of hydrogen-bond acceptors (Lipinski definition) is 5. The summed E-state index contributed by atoms with van der Waals surface area (Å²) in [6.45, 7) is 5.46. The van der Waals surface area contributed by atoms with Gasteiger partial charge in [0.05, 0.1) is 25.2 Å². The van der Waals surface area contributed by atoms with Crippen molar-refractivity contribution in [2.24, 2.45) is 0 Å². The van der Waals surface area contributed by atoms with Crippen molar-refractivity contribution in [2.45, 2.75) is 13.5 Å². The molecule has 0 unspecified atom stereocenters. The van der Waals surface area contributed by atoms with E-state index in [0.717, 1.165) is 49.4 Å². The Labute approximate surface area is 172 Å². The van der Waals surface area contributed by atoms with E-state index in [-0.39, 0.29) is 5.91 Å². The summed E-state index contributed by atoms with van der Waals surface area (Å²) in [4.78, 5) is 14.8. The van der Waals surface area contributed by atoms with Gasteiger partial charge in [-0.1, -0.05) is 18.2 Å². The minimum atomic E-state index is -3.40. The van der Waals surface area contributed by atoms with Gasteiger partial charge in [0.1, 0.15) is 0 Å². The molecule has 7 nitrogen and oxygen atoms in total. The molecule has 156 valence electrons. The van der Waals surface area contributed by atoms with E-state index in [0.29, 0.717) is 17.8 Å². The van der Waals surface area contributed by atoms with Gasteiger partial charge in [-0.05, 0) is 42.3 Å². The van der Waals surface area contributed by atoms with E-state index in [1.807, 2.05) is 19.1 Å². The minimum Gasteiger partial charge on any atom is -0.378 e. The SMILES string of the molecule is Cc1ccc(C(=O)NCc2ccc(N3CCOCC3)cc2)cc1N(C)S(C)(=O)=O. The Morgan fingerprint density at radius 2 is 1.79 bits per heavy atom. The van der Waals surface area contributed by atoms with E-state index in [1.54, 1.807) is 18.2 Å². The fraction of sp³-hybridized carbons (Fsp3) is 0.381. The molecule has 0 spiro atoms. The molecule has 1 heterocycles. The molecule has 3 rings (SSSR count). The Bertz CT molecular complexity index is 968. The fourth-order valence-corrected chi connectivity index (χ4v) is 3.75. The first-order chi connectivity index (χ1) is 13.8. The van der Waals surface area contributed by atoms with Crippen LogP contribution in [0.1, 0.15) is 21.5 Å². The highest BCUT2D eigenvalue weighted by Gasteiger charge is 2.17. The van der Waals surface area contributed by atoms with Crippen molar-refractivity contribution in [1.82, 2.24) is 5.32 Å². The number of morpholine rings is 1. The maximum atomic E-state index is 12.6. The second kappa shape index (κ2) is 8.84. The number of anilines is 2. The number of benzene rings is 2. The first-order valence-electron chi connectivity index (χ1n) is 9.50. The van der Waals surface area contributed by atoms with Gasteiger partial charge < -0.3 is 15.0 Å². The number of amides is 1. The molecular formula is C21H27N3O4S. The fourth-order valence-electron chi connectivity index (χ4n) is 3.20. The summed E-state index contributed by atoms with van der Waals surface area (Å²) in [5.74, 6) is -0.245. The molecule has 1 saturated heterocycles. The standard InChI is InChI=1S/C21H27N3O4S/c1-16-4-7-18(14-20(16)23(2)29(3,26)27)21(25)22-15-17-5-8-19(9-6-17)24-10-12-28-13-11-24/h4-9,14H,10-13,15H2,1-3H3,(H,22,25). The van der Waals surface area contributed by atoms with E-state index in [2.05, 4.69) is 22.3 Å². The number of nitrogens with zero attached hydrogens (tertiary/aromatic N) is 2. The van der Waals surface area contributed by atoms with Crippen LogP contribution in [0, 0.1) is 6.92 Å². The third kappa shape index (κ3) is 5.27. The van der Waals surface area contributed by atoms with Gasteiger partial charge in [0.25, 0.3) is 5.91 Å². The Hall–Kier alpha value is -2.58. The van der Waals surface area contributed by atoms with Crippen LogP contribution in [0.4, 0.5) is 11.4 Å². The van der Waals surface area contributed by atoms with Gasteiger partial charge >= 0.3 is 0 Å². The third-order valence-corrected chi connectivity index (χ3v) is 6.27. The quantitative estimate of drug-likeness (QED) is 0.779. The van der Waals surface area contributed by atoms with Crippen LogP contribution < -0.4 is 14.5 Å². The van der Waals surface area contributed by atoms with Crippen LogP contribution in [0.15, 0.2) is 42.5 Å². The van der Waals surface area contributed by atoms with Crippen molar-refractivity contribution < 1.29 is 17.9 Å². The normalized spacial score (nSPS) is 14.5. The second-order valence-corrected chi connectivity index (χ2v) is 9.19. The molecule has 1 fully saturated rings. The summed E-state index contributed by atoms with van der Waals surface area (Å²) in [6.07, 6.45) is 1.14. The smallest absolute Gasteiger partial charge is 0.251 e. The lowest BCUT2D eigenvalue weighted by Crippen LogP contribution is -2.36. The van der Waals surface area contributed by atoms with Crippen molar-refractivity contribution >= 4 is 27.3 Å². The number of ether oxygens (including phenoxy) is 1. The van der Waals surface area contributed by atoms with Crippen LogP contribution in [-0.4, -0.2) is 53.9 Å². The molecule has 1 aliphatic rings. The Morgan fingerprint density at radius 1 is 1.14 bits per heavy atom. The van der Waals surface area contributed by atoms with Crippen molar-refractivity contribution in [1.29, 1.82) is 0 Å². The largest absolute Gasteiger partial charge is 0.378 e. The third-order valence-electron chi connectivity index (χ3n) is 5.07. The number of sulfonamides is 1. The average molecular weight is 418 g/mol. The number of aryl methyl sites for hydroxylation is 1. The van der Waals surface area contributed by atoms with Gasteiger partial charge in [-0.2, -0.15) is 0 Å². The van der Waals surface area contributed by atoms with Crippen LogP contribution in [0.25, 0.3) is 0 Å². The molecule has 0 saturated carbocycles. The van der Waals surface area contributed by atoms with E-state index in [4.69, 9.17) is 4.74 Å². The number of hydrogen-bond donors (Lipinski definition) is 1. The summed E-state index contributed by atoms with van der Waals surface area (Å²) in [7, 11) is -1.92. The molecule has 0 aliphatic carbocycles. The van der Waals surface area contributed by atoms with Crippen LogP contribution in [0.3, 0.4) is 0 Å². The summed E-state index contributed by atoms with van der Waals surface area (Å²) in [5, 5.41) is 2.90. The van der Waals surface area contributed by atoms with E-state index in [9.17, 15) is 13.2 Å². The van der Waals surface area contributed by atoms with Crippen molar-refractivity contribution in [3.05, 3.63) is 59.2 Å². The predicted molar refractivity (Wildman–Crippen MR) is 115 cm³/mol. The summed E-state index contributed by atoms with van der Waals surface area (Å²) < 4.78 is 30.2. The summed E-state index contributed by atoms with van der Waals surface area (Å²) in [6, 6.07) is 13.2. The van der Waals surface area contributed by atoms with Crippen molar-refractivity contribution in [3.63, 3.8) is 0 Å². The number of nitrogens with one attached hydrogen (secondary N) is 1. The summed E-state index contributed by atoms with van der Waals surface area (Å²) >= 11 is 0. The number of carbonyl (C=O) groups excluding carboxylic acids is 1. The van der Waals surface area contributed by atoms with Crippen LogP contribution in [-0.2, 0) is 21.3 Å². The molecule has 0 bridgehead atoms. The highest BCUT2D eigenvalue weighted by Crippen LogP contribution is 2.23. The molecule has 29 heavy (non-hydrogen) atoms. The maximum absolute atomic E-state index is 12.6. The van der Waals surface area contributed by atoms with Crippen LogP contribution in [0.2, 0.25) is 0 Å². The van der Waals surface area contributed by atoms with E-state index >= 15 is 0 Å². The lowest BCUT2D eigenvalue weighted by Gasteiger charge is -2.28. The van der Waals surface area contributed by atoms with Gasteiger partial charge in [0.15, 0.2) is 0 Å². The number of carbonyl (C=O) groups is 1. The van der Waals surface area contributed by atoms with Crippen LogP contribution >= 0.6 is 0 Å². The highest BCUT2D eigenvalue weighted by molar-refractivity contribution is 7.92. The molecule has 1 amide bonds. The Balaban J connectivity index is 1.65. The molecule has 1 aliphatic heterocycles. The second-order valence-electron chi connectivity index (χ2n) is 7.18. The monoisotopic (exact) mass is 417 g/mol. The first kappa shape index (κ1) is 21.1. The molecule has 1 N–H and O–H groups in total. The molecule has 0 aromatic heterocycles. The lowest BCUT2D eigenvalue weighted by molar-refractivity contribution is 0.0951. The van der Waals surface area contributed by atoms with Gasteiger partial charge in [-0.15, -0.1) is 0 Å². The van der Waals surface area contributed by atoms with Crippen molar-refractivity contribution in [2.75, 3.05) is 48.8 Å². The zero-order valence-corrected chi connectivity index (χ0v) is 17.8. The highest BCUT2D eigenvalue weighted by atomic mass is 32.2. The van der Waals surface area contributed by atoms with Gasteiger partial charge in [0, 0.05) is 37.9 Å². The Kier molecular flexibility index (Phi) is 6.44. The maximum Gasteiger partial charge on any atom is 0.251 e. The molecular weight excluding hydrogens is 390 g/mol. The first-order valence-corrected chi connectivity index (χ1v) is 11.3. The Morgan fingerprint density at radius 3 is 2.41 bits per heavy atom. The molecule has 2 aromatic rings. The number of rotatable bonds is 6. The average Bonchev–Trinajstić information content (AvgIpc) is 2.72. The zero-order chi connectivity index (χ0) is 21.0. The van der Waals surface area contributed by atoms with E-state index in [1.165, 1.54) is 11.4 Å². The zero-order valence-electron chi connectivity index (χ0n) is 17.0. The van der Waals surface area contributed by atoms with Gasteiger partial charge in [-0.25, -0.2) is 8.42 Å². The molecule has 0 atom stereocenters. The van der Waals surface area contributed by atoms with Gasteiger partial charge in [0.2, 0.25) is 10.0 Å². The topological polar surface area (TPSA) is 79.0 Å². The van der Waals surface area contributed by atoms with Gasteiger partial charge in [-0.3, -0.25) is 9.10 Å². The predicted octanol–water partition coefficient (Wildman–Crippen LogP) is 2.16. The van der Waals surface area contributed by atoms with E-state index < -0.39 is 10.0 Å². The molecule has 0 radical (unpaired) electrons. The molecule has 8 heteroatoms. The minimum absolute atomic E-state index is 0.245. The lowest BCUT2D eigenvalue weighted by atomic mass is 10.1. The summed E-state index contributed by atoms with van der Waals surface area (Å²) in [5.41, 5.74) is 3.85.